The number of aromatic hydroxyl groups is 1. The average Bonchev–Trinajstić information content (AvgIpc) is 2.94. The van der Waals surface area contributed by atoms with Crippen molar-refractivity contribution in [3.05, 3.63) is 89.0 Å². The van der Waals surface area contributed by atoms with Crippen molar-refractivity contribution in [2.45, 2.75) is 0 Å². The Morgan fingerprint density at radius 3 is 2.02 bits per heavy atom. The van der Waals surface area contributed by atoms with Crippen LogP contribution in [0, 0.1) is 17.0 Å². The molecule has 1 aromatic heterocycles. The lowest BCUT2D eigenvalue weighted by Crippen LogP contribution is -2.11. The number of aromatic carboxylic acids is 2. The smallest absolute Gasteiger partial charge is 0.335 e. The number of nitrogens with two attached hydrogens (primary N) is 1. The third kappa shape index (κ3) is 6.28. The first-order valence-corrected chi connectivity index (χ1v) is 11.8. The molecule has 42 heavy (non-hydrogen) atoms. The number of nitrogens with one attached hydrogen (secondary N) is 1. The number of nitrogen functional groups attached to an aromatic ring is 1. The Morgan fingerprint density at radius 1 is 0.833 bits per heavy atom. The minimum atomic E-state index is -1.55. The van der Waals surface area contributed by atoms with Crippen molar-refractivity contribution in [1.29, 1.82) is 5.41 Å². The van der Waals surface area contributed by atoms with Crippen LogP contribution >= 0.6 is 0 Å². The largest absolute Gasteiger partial charge is 0.504 e. The third-order valence-corrected chi connectivity index (χ3v) is 5.62. The summed E-state index contributed by atoms with van der Waals surface area (Å²) in [6.45, 7) is 0. The maximum absolute atomic E-state index is 15.7. The molecular formula is C28H22F2N4O8. The number of amidine groups is 1. The van der Waals surface area contributed by atoms with Crippen LogP contribution in [0.25, 0.3) is 0 Å². The van der Waals surface area contributed by atoms with Gasteiger partial charge in [0.1, 0.15) is 17.3 Å². The Bertz CT molecular complexity index is 1700. The Hall–Kier alpha value is -5.92. The molecule has 3 aromatic carbocycles. The first-order valence-electron chi connectivity index (χ1n) is 11.8. The number of aromatic nitrogens is 1. The number of phenolic OH excluding ortho intramolecular Hbond substituents is 1. The van der Waals surface area contributed by atoms with E-state index in [-0.39, 0.29) is 11.3 Å². The number of pyridine rings is 1. The summed E-state index contributed by atoms with van der Waals surface area (Å²) in [5.41, 5.74) is 5.19. The number of nitrogens with zero attached hydrogens (tertiary/aromatic N) is 2. The molecule has 0 fully saturated rings. The van der Waals surface area contributed by atoms with Gasteiger partial charge in [-0.15, -0.1) is 0 Å². The number of benzene rings is 3. The Balaban J connectivity index is 1.87. The van der Waals surface area contributed by atoms with Gasteiger partial charge in [-0.3, -0.25) is 5.41 Å². The zero-order valence-electron chi connectivity index (χ0n) is 21.9. The van der Waals surface area contributed by atoms with Gasteiger partial charge >= 0.3 is 11.9 Å². The highest BCUT2D eigenvalue weighted by molar-refractivity contribution is 5.95. The molecule has 216 valence electrons. The van der Waals surface area contributed by atoms with Gasteiger partial charge in [-0.25, -0.2) is 9.59 Å². The fraction of sp³-hybridized carbons (Fsp3) is 0.0714. The van der Waals surface area contributed by atoms with Gasteiger partial charge in [-0.2, -0.15) is 13.8 Å². The fourth-order valence-corrected chi connectivity index (χ4v) is 3.53. The lowest BCUT2D eigenvalue weighted by molar-refractivity contribution is 0.0696. The molecule has 4 aromatic rings. The molecule has 0 spiro atoms. The van der Waals surface area contributed by atoms with Gasteiger partial charge in [0.15, 0.2) is 11.5 Å². The summed E-state index contributed by atoms with van der Waals surface area (Å²) in [5, 5.41) is 36.5. The summed E-state index contributed by atoms with van der Waals surface area (Å²) >= 11 is 0. The minimum Gasteiger partial charge on any atom is -0.504 e. The summed E-state index contributed by atoms with van der Waals surface area (Å²) in [6, 6.07) is 12.4. The Labute approximate surface area is 236 Å². The zero-order valence-corrected chi connectivity index (χ0v) is 21.9. The van der Waals surface area contributed by atoms with Crippen molar-refractivity contribution in [2.24, 2.45) is 5.73 Å². The van der Waals surface area contributed by atoms with Gasteiger partial charge in [-0.1, -0.05) is 6.07 Å². The van der Waals surface area contributed by atoms with Crippen LogP contribution in [0.3, 0.4) is 0 Å². The number of carboxylic acids is 2. The van der Waals surface area contributed by atoms with Crippen LogP contribution in [0.5, 0.6) is 40.5 Å². The Morgan fingerprint density at radius 2 is 1.45 bits per heavy atom. The van der Waals surface area contributed by atoms with Gasteiger partial charge in [0.05, 0.1) is 11.1 Å². The van der Waals surface area contributed by atoms with E-state index in [4.69, 9.17) is 25.4 Å². The lowest BCUT2D eigenvalue weighted by atomic mass is 10.1. The molecule has 0 unspecified atom stereocenters. The van der Waals surface area contributed by atoms with Gasteiger partial charge < -0.3 is 40.2 Å². The molecule has 12 nitrogen and oxygen atoms in total. The summed E-state index contributed by atoms with van der Waals surface area (Å²) in [6.07, 6.45) is 0. The number of hydrogen-bond acceptors (Lipinski definition) is 9. The molecular weight excluding hydrogens is 558 g/mol. The number of ether oxygens (including phenoxy) is 3. The maximum atomic E-state index is 15.7. The molecule has 0 saturated carbocycles. The van der Waals surface area contributed by atoms with E-state index in [9.17, 15) is 24.9 Å². The molecule has 0 aliphatic heterocycles. The van der Waals surface area contributed by atoms with E-state index in [1.165, 1.54) is 18.2 Å². The van der Waals surface area contributed by atoms with Crippen LogP contribution in [-0.4, -0.2) is 52.2 Å². The standard InChI is InChI=1S/C28H22F2N4O8/c1-34(2)16-4-3-5-17(12-16)41-25-21(29)23(40-18-9-14(27(36)37)8-15(10-18)28(38)39)22(30)26(33-25)42-20-11-13(24(31)32)6-7-19(20)35/h3-12,35H,1-2H3,(H3,31,32)(H,36,37)(H,38,39). The number of carbonyl (C=O) groups is 2. The molecule has 0 amide bonds. The van der Waals surface area contributed by atoms with Crippen LogP contribution in [0.1, 0.15) is 26.3 Å². The van der Waals surface area contributed by atoms with Crippen molar-refractivity contribution >= 4 is 23.5 Å². The number of halogens is 2. The lowest BCUT2D eigenvalue weighted by Gasteiger charge is -2.17. The van der Waals surface area contributed by atoms with Crippen molar-refractivity contribution in [3.8, 4) is 40.5 Å². The van der Waals surface area contributed by atoms with E-state index in [0.29, 0.717) is 5.69 Å². The van der Waals surface area contributed by atoms with E-state index in [1.54, 1.807) is 31.1 Å². The first-order chi connectivity index (χ1) is 19.8. The van der Waals surface area contributed by atoms with E-state index in [2.05, 4.69) is 4.98 Å². The molecule has 4 rings (SSSR count). The van der Waals surface area contributed by atoms with Gasteiger partial charge in [0, 0.05) is 31.4 Å². The summed E-state index contributed by atoms with van der Waals surface area (Å²) < 4.78 is 47.7. The van der Waals surface area contributed by atoms with Crippen molar-refractivity contribution in [1.82, 2.24) is 4.98 Å². The van der Waals surface area contributed by atoms with E-state index in [1.807, 2.05) is 0 Å². The predicted molar refractivity (Wildman–Crippen MR) is 145 cm³/mol. The fourth-order valence-electron chi connectivity index (χ4n) is 3.53. The molecule has 0 bridgehead atoms. The normalized spacial score (nSPS) is 10.6. The van der Waals surface area contributed by atoms with Crippen LogP contribution in [0.4, 0.5) is 14.5 Å². The third-order valence-electron chi connectivity index (χ3n) is 5.62. The van der Waals surface area contributed by atoms with Gasteiger partial charge in [0.2, 0.25) is 17.4 Å². The van der Waals surface area contributed by atoms with Gasteiger partial charge in [-0.05, 0) is 48.5 Å². The summed E-state index contributed by atoms with van der Waals surface area (Å²) in [7, 11) is 3.51. The van der Waals surface area contributed by atoms with Crippen molar-refractivity contribution in [3.63, 3.8) is 0 Å². The quantitative estimate of drug-likeness (QED) is 0.123. The number of phenols is 1. The van der Waals surface area contributed by atoms with Crippen LogP contribution < -0.4 is 24.8 Å². The van der Waals surface area contributed by atoms with E-state index >= 15 is 8.78 Å². The molecule has 14 heteroatoms. The maximum Gasteiger partial charge on any atom is 0.335 e. The second kappa shape index (κ2) is 11.7. The topological polar surface area (TPSA) is 189 Å². The molecule has 6 N–H and O–H groups in total. The number of rotatable bonds is 10. The molecule has 0 aliphatic carbocycles. The summed E-state index contributed by atoms with van der Waals surface area (Å²) in [4.78, 5) is 28.5. The number of anilines is 1. The first kappa shape index (κ1) is 29.1. The molecule has 0 saturated heterocycles. The van der Waals surface area contributed by atoms with Crippen molar-refractivity contribution in [2.75, 3.05) is 19.0 Å². The number of hydrogen-bond donors (Lipinski definition) is 5. The highest BCUT2D eigenvalue weighted by Gasteiger charge is 2.27. The zero-order chi connectivity index (χ0) is 30.7. The predicted octanol–water partition coefficient (Wildman–Crippen LogP) is 5.19. The van der Waals surface area contributed by atoms with Gasteiger partial charge in [0.25, 0.3) is 11.8 Å². The summed E-state index contributed by atoms with van der Waals surface area (Å²) in [5.74, 6) is -10.8. The number of carboxylic acid groups (broad SMARTS) is 2. The molecule has 1 heterocycles. The molecule has 0 atom stereocenters. The highest BCUT2D eigenvalue weighted by atomic mass is 19.1. The average molecular weight is 581 g/mol. The van der Waals surface area contributed by atoms with Crippen LogP contribution in [0.2, 0.25) is 0 Å². The molecule has 0 aliphatic rings. The van der Waals surface area contributed by atoms with E-state index < -0.39 is 75.3 Å². The van der Waals surface area contributed by atoms with Crippen LogP contribution in [0.15, 0.2) is 60.7 Å². The minimum absolute atomic E-state index is 0.0820. The monoisotopic (exact) mass is 580 g/mol. The second-order valence-electron chi connectivity index (χ2n) is 8.83. The van der Waals surface area contributed by atoms with E-state index in [0.717, 1.165) is 30.3 Å². The Kier molecular flexibility index (Phi) is 8.08. The molecule has 0 radical (unpaired) electrons. The van der Waals surface area contributed by atoms with Crippen LogP contribution in [-0.2, 0) is 0 Å². The SMILES string of the molecule is CN(C)c1cccc(Oc2nc(Oc3cc(C(=N)N)ccc3O)c(F)c(Oc3cc(C(=O)O)cc(C(=O)O)c3)c2F)c1. The van der Waals surface area contributed by atoms with Crippen molar-refractivity contribution < 1.29 is 47.9 Å². The highest BCUT2D eigenvalue weighted by Crippen LogP contribution is 2.41. The second-order valence-corrected chi connectivity index (χ2v) is 8.83.